The van der Waals surface area contributed by atoms with E-state index in [9.17, 15) is 49.1 Å². The Bertz CT molecular complexity index is 2040. The van der Waals surface area contributed by atoms with Crippen LogP contribution in [0.2, 0.25) is 0 Å². The Kier molecular flexibility index (Phi) is 16.6. The number of carbonyl (C=O) groups excluding carboxylic acids is 6. The molecule has 23 nitrogen and oxygen atoms in total. The first kappa shape index (κ1) is 45.8. The van der Waals surface area contributed by atoms with Gasteiger partial charge in [-0.2, -0.15) is 0 Å². The first-order valence-electron chi connectivity index (χ1n) is 19.0. The molecule has 0 aliphatic carbocycles. The van der Waals surface area contributed by atoms with Crippen molar-refractivity contribution in [2.75, 3.05) is 19.7 Å². The van der Waals surface area contributed by atoms with Gasteiger partial charge in [0.15, 0.2) is 5.03 Å². The van der Waals surface area contributed by atoms with Crippen molar-refractivity contribution in [2.45, 2.75) is 81.7 Å². The van der Waals surface area contributed by atoms with Gasteiger partial charge in [-0.1, -0.05) is 35.8 Å². The lowest BCUT2D eigenvalue weighted by Gasteiger charge is -2.28. The second kappa shape index (κ2) is 21.8. The number of carbonyl (C=O) groups is 6. The fraction of sp³-hybridized carbons (Fsp3) is 0.432. The molecule has 1 aliphatic rings. The number of nitrogens with one attached hydrogen (secondary N) is 7. The van der Waals surface area contributed by atoms with Crippen LogP contribution in [0.25, 0.3) is 10.9 Å². The SMILES string of the molecule is C[C@@H](NC(=O)[C@H](Cc1ccc(O)cc1)NC(=O)[C@H](CCCN=C(N)N[N+](=O)[O-])NC(=O)[C@H](Cc1c[nH]c2ccccc12)NC(=O)[C@@H](N)CO)C(=O)N1CCC[C@H]1C(=O)NN. The fourth-order valence-electron chi connectivity index (χ4n) is 6.63. The third-order valence-corrected chi connectivity index (χ3v) is 9.76. The van der Waals surface area contributed by atoms with Crippen LogP contribution in [0, 0.1) is 10.1 Å². The Labute approximate surface area is 343 Å². The molecule has 0 spiro atoms. The molecule has 1 aliphatic heterocycles. The summed E-state index contributed by atoms with van der Waals surface area (Å²) >= 11 is 0. The van der Waals surface area contributed by atoms with Crippen LogP contribution >= 0.6 is 0 Å². The molecule has 2 aromatic carbocycles. The van der Waals surface area contributed by atoms with Crippen molar-refractivity contribution in [1.82, 2.24) is 42.0 Å². The van der Waals surface area contributed by atoms with Crippen molar-refractivity contribution in [3.63, 3.8) is 0 Å². The van der Waals surface area contributed by atoms with Gasteiger partial charge in [-0.15, -0.1) is 0 Å². The Hall–Kier alpha value is -6.85. The van der Waals surface area contributed by atoms with Gasteiger partial charge in [-0.3, -0.25) is 34.2 Å². The predicted molar refractivity (Wildman–Crippen MR) is 215 cm³/mol. The van der Waals surface area contributed by atoms with E-state index in [1.54, 1.807) is 17.7 Å². The largest absolute Gasteiger partial charge is 0.508 e. The lowest BCUT2D eigenvalue weighted by atomic mass is 10.0. The van der Waals surface area contributed by atoms with Crippen LogP contribution < -0.4 is 49.4 Å². The molecule has 60 heavy (non-hydrogen) atoms. The highest BCUT2D eigenvalue weighted by Crippen LogP contribution is 2.21. The summed E-state index contributed by atoms with van der Waals surface area (Å²) in [5.74, 6) is 0.259. The van der Waals surface area contributed by atoms with Crippen LogP contribution in [-0.4, -0.2) is 122 Å². The average Bonchev–Trinajstić information content (AvgIpc) is 3.88. The van der Waals surface area contributed by atoms with Crippen LogP contribution in [0.3, 0.4) is 0 Å². The summed E-state index contributed by atoms with van der Waals surface area (Å²) in [5.41, 5.74) is 16.9. The smallest absolute Gasteiger partial charge is 0.256 e. The summed E-state index contributed by atoms with van der Waals surface area (Å²) in [7, 11) is 0. The number of fused-ring (bicyclic) bond motifs is 1. The van der Waals surface area contributed by atoms with Crippen molar-refractivity contribution in [3.05, 3.63) is 76.0 Å². The molecule has 15 N–H and O–H groups in total. The van der Waals surface area contributed by atoms with E-state index in [-0.39, 0.29) is 44.5 Å². The van der Waals surface area contributed by atoms with Crippen LogP contribution in [0.1, 0.15) is 43.7 Å². The first-order valence-corrected chi connectivity index (χ1v) is 19.0. The number of likely N-dealkylation sites (tertiary alicyclic amines) is 1. The molecule has 4 rings (SSSR count). The van der Waals surface area contributed by atoms with Gasteiger partial charge in [-0.25, -0.2) is 20.9 Å². The van der Waals surface area contributed by atoms with Crippen molar-refractivity contribution in [3.8, 4) is 5.75 Å². The number of guanidine groups is 1. The van der Waals surface area contributed by atoms with E-state index in [0.29, 0.717) is 24.0 Å². The molecule has 0 unspecified atom stereocenters. The number of aliphatic hydroxyl groups excluding tert-OH is 1. The maximum absolute atomic E-state index is 14.2. The number of nitrogens with zero attached hydrogens (tertiary/aromatic N) is 3. The number of aliphatic hydroxyl groups is 1. The molecule has 3 aromatic rings. The lowest BCUT2D eigenvalue weighted by molar-refractivity contribution is -0.525. The fourth-order valence-corrected chi connectivity index (χ4v) is 6.63. The molecule has 1 fully saturated rings. The first-order chi connectivity index (χ1) is 28.6. The summed E-state index contributed by atoms with van der Waals surface area (Å²) in [6, 6.07) is 5.52. The molecule has 1 saturated heterocycles. The van der Waals surface area contributed by atoms with Crippen LogP contribution in [0.15, 0.2) is 59.7 Å². The standard InChI is InChI=1S/C37H51N13O10/c1-20(36(58)49-15-5-9-30(49)35(57)47-40)43-33(55)28(16-21-10-12-23(52)13-11-21)46-32(54)27(8-4-14-41-37(39)48-50(59)60)44-34(56)29(45-31(53)25(38)19-51)17-22-18-42-26-7-3-2-6-24(22)26/h2-3,6-7,10-13,18,20,25,27-30,42,51-52H,4-5,8-9,14-17,19,38,40H2,1H3,(H,43,55)(H,44,56)(H,45,53)(H,46,54)(H,47,57)(H3,39,41,48)/t20-,25+,27+,28+,29+,30+/m1/s1. The van der Waals surface area contributed by atoms with E-state index in [1.165, 1.54) is 36.1 Å². The van der Waals surface area contributed by atoms with Crippen LogP contribution in [0.4, 0.5) is 0 Å². The maximum atomic E-state index is 14.2. The molecule has 1 aromatic heterocycles. The number of benzene rings is 2. The molecule has 2 heterocycles. The van der Waals surface area contributed by atoms with Crippen LogP contribution in [-0.2, 0) is 41.6 Å². The minimum Gasteiger partial charge on any atom is -0.508 e. The number of hydrogen-bond donors (Lipinski definition) is 12. The number of rotatable bonds is 20. The summed E-state index contributed by atoms with van der Waals surface area (Å²) in [5, 5.41) is 40.4. The molecule has 0 radical (unpaired) electrons. The number of hydrazine groups is 2. The van der Waals surface area contributed by atoms with Gasteiger partial charge in [0.25, 0.3) is 11.9 Å². The highest BCUT2D eigenvalue weighted by molar-refractivity contribution is 5.97. The van der Waals surface area contributed by atoms with Crippen molar-refractivity contribution in [2.24, 2.45) is 22.3 Å². The molecular formula is C37H51N13O10. The highest BCUT2D eigenvalue weighted by atomic mass is 16.7. The topological polar surface area (TPSA) is 368 Å². The number of aromatic nitrogens is 1. The van der Waals surface area contributed by atoms with E-state index >= 15 is 0 Å². The second-order valence-electron chi connectivity index (χ2n) is 14.1. The molecule has 0 bridgehead atoms. The monoisotopic (exact) mass is 837 g/mol. The normalized spacial score (nSPS) is 16.4. The number of aromatic hydroxyl groups is 1. The predicted octanol–water partition coefficient (Wildman–Crippen LogP) is -3.21. The zero-order chi connectivity index (χ0) is 43.9. The molecule has 324 valence electrons. The van der Waals surface area contributed by atoms with Crippen molar-refractivity contribution < 1.29 is 44.0 Å². The summed E-state index contributed by atoms with van der Waals surface area (Å²) in [4.78, 5) is 99.9. The van der Waals surface area contributed by atoms with E-state index in [0.717, 1.165) is 10.9 Å². The Balaban J connectivity index is 1.61. The van der Waals surface area contributed by atoms with Gasteiger partial charge < -0.3 is 52.8 Å². The van der Waals surface area contributed by atoms with Gasteiger partial charge >= 0.3 is 0 Å². The summed E-state index contributed by atoms with van der Waals surface area (Å²) in [6.07, 6.45) is 2.20. The zero-order valence-electron chi connectivity index (χ0n) is 32.8. The Morgan fingerprint density at radius 1 is 0.950 bits per heavy atom. The Morgan fingerprint density at radius 3 is 2.27 bits per heavy atom. The third-order valence-electron chi connectivity index (χ3n) is 9.76. The summed E-state index contributed by atoms with van der Waals surface area (Å²) < 4.78 is 0. The number of nitrogens with two attached hydrogens (primary N) is 3. The number of hydrogen-bond acceptors (Lipinski definition) is 13. The quantitative estimate of drug-likeness (QED) is 0.0101. The van der Waals surface area contributed by atoms with E-state index in [4.69, 9.17) is 17.3 Å². The number of para-hydroxylation sites is 1. The number of aliphatic imine (C=N–C) groups is 1. The number of aromatic amines is 1. The van der Waals surface area contributed by atoms with E-state index < -0.39 is 89.3 Å². The number of phenols is 1. The maximum Gasteiger partial charge on any atom is 0.256 e. The molecule has 0 saturated carbocycles. The summed E-state index contributed by atoms with van der Waals surface area (Å²) in [6.45, 7) is 0.814. The lowest BCUT2D eigenvalue weighted by Crippen LogP contribution is -2.60. The number of phenolic OH excluding ortho intramolecular Hbond substituents is 1. The van der Waals surface area contributed by atoms with E-state index in [1.807, 2.05) is 23.6 Å². The van der Waals surface area contributed by atoms with Gasteiger partial charge in [0.05, 0.1) is 6.61 Å². The van der Waals surface area contributed by atoms with Gasteiger partial charge in [0, 0.05) is 43.0 Å². The minimum absolute atomic E-state index is 0.0288. The van der Waals surface area contributed by atoms with Crippen LogP contribution in [0.5, 0.6) is 5.75 Å². The number of nitro groups is 1. The molecule has 6 atom stereocenters. The van der Waals surface area contributed by atoms with Crippen molar-refractivity contribution >= 4 is 52.3 Å². The number of H-pyrrole nitrogens is 1. The van der Waals surface area contributed by atoms with Crippen molar-refractivity contribution in [1.29, 1.82) is 0 Å². The third kappa shape index (κ3) is 12.8. The second-order valence-corrected chi connectivity index (χ2v) is 14.1. The Morgan fingerprint density at radius 2 is 1.58 bits per heavy atom. The van der Waals surface area contributed by atoms with Gasteiger partial charge in [0.1, 0.15) is 42.0 Å². The zero-order valence-corrected chi connectivity index (χ0v) is 32.8. The van der Waals surface area contributed by atoms with Gasteiger partial charge in [-0.05, 0) is 61.9 Å². The van der Waals surface area contributed by atoms with Gasteiger partial charge in [0.2, 0.25) is 29.5 Å². The van der Waals surface area contributed by atoms with E-state index in [2.05, 4.69) is 31.2 Å². The minimum atomic E-state index is -1.42. The number of amides is 6. The average molecular weight is 838 g/mol. The molecule has 23 heteroatoms. The highest BCUT2D eigenvalue weighted by Gasteiger charge is 2.37. The molecule has 6 amide bonds. The molecular weight excluding hydrogens is 786 g/mol.